The summed E-state index contributed by atoms with van der Waals surface area (Å²) in [6, 6.07) is 8.31. The van der Waals surface area contributed by atoms with Crippen molar-refractivity contribution >= 4 is 39.1 Å². The minimum atomic E-state index is -4.84. The molecule has 0 spiro atoms. The number of hydrogen-bond acceptors (Lipinski definition) is 5. The molecule has 0 aromatic heterocycles. The predicted octanol–water partition coefficient (Wildman–Crippen LogP) is 4.47. The normalized spacial score (nSPS) is 12.5. The third-order valence-electron chi connectivity index (χ3n) is 5.71. The third kappa shape index (κ3) is 8.52. The standard InChI is InChI=1S/C25H31ClF3N3O5S/c1-5-6-12-30-24(34)17(2)31(15-18-8-7-9-20(13-18)37-3)23(33)16-32(38(4,35)36)19-10-11-22(26)21(14-19)25(27,28)29/h7-11,13-14,17H,5-6,12,15-16H2,1-4H3,(H,30,34)/t17-/m1/s1. The predicted molar refractivity (Wildman–Crippen MR) is 140 cm³/mol. The van der Waals surface area contributed by atoms with Gasteiger partial charge in [0.15, 0.2) is 0 Å². The number of amides is 2. The molecule has 8 nitrogen and oxygen atoms in total. The molecule has 0 aliphatic rings. The van der Waals surface area contributed by atoms with Gasteiger partial charge in [0, 0.05) is 13.1 Å². The smallest absolute Gasteiger partial charge is 0.417 e. The number of hydrogen-bond donors (Lipinski definition) is 1. The van der Waals surface area contributed by atoms with Crippen molar-refractivity contribution in [1.29, 1.82) is 0 Å². The van der Waals surface area contributed by atoms with Crippen LogP contribution in [-0.4, -0.2) is 57.6 Å². The van der Waals surface area contributed by atoms with Gasteiger partial charge in [-0.2, -0.15) is 13.2 Å². The lowest BCUT2D eigenvalue weighted by atomic mass is 10.1. The minimum absolute atomic E-state index is 0.0789. The van der Waals surface area contributed by atoms with Crippen molar-refractivity contribution < 1.29 is 35.9 Å². The fourth-order valence-electron chi connectivity index (χ4n) is 3.59. The van der Waals surface area contributed by atoms with E-state index in [2.05, 4.69) is 5.32 Å². The molecular formula is C25H31ClF3N3O5S. The van der Waals surface area contributed by atoms with Crippen LogP contribution in [0.5, 0.6) is 5.75 Å². The first-order valence-electron chi connectivity index (χ1n) is 11.7. The average molecular weight is 578 g/mol. The fourth-order valence-corrected chi connectivity index (χ4v) is 4.65. The summed E-state index contributed by atoms with van der Waals surface area (Å²) in [5.41, 5.74) is -1.03. The summed E-state index contributed by atoms with van der Waals surface area (Å²) in [5.74, 6) is -0.736. The Morgan fingerprint density at radius 1 is 1.16 bits per heavy atom. The van der Waals surface area contributed by atoms with Gasteiger partial charge >= 0.3 is 6.18 Å². The van der Waals surface area contributed by atoms with Crippen molar-refractivity contribution in [2.45, 2.75) is 45.5 Å². The van der Waals surface area contributed by atoms with Gasteiger partial charge in [-0.05, 0) is 49.2 Å². The van der Waals surface area contributed by atoms with Gasteiger partial charge in [-0.15, -0.1) is 0 Å². The number of ether oxygens (including phenoxy) is 1. The van der Waals surface area contributed by atoms with Gasteiger partial charge in [-0.25, -0.2) is 8.42 Å². The quantitative estimate of drug-likeness (QED) is 0.376. The Kier molecular flexibility index (Phi) is 10.8. The molecule has 2 rings (SSSR count). The van der Waals surface area contributed by atoms with E-state index in [1.54, 1.807) is 24.3 Å². The van der Waals surface area contributed by atoms with E-state index in [0.29, 0.717) is 28.2 Å². The summed E-state index contributed by atoms with van der Waals surface area (Å²) in [4.78, 5) is 27.5. The Labute approximate surface area is 225 Å². The largest absolute Gasteiger partial charge is 0.497 e. The molecule has 0 unspecified atom stereocenters. The van der Waals surface area contributed by atoms with Gasteiger partial charge in [0.25, 0.3) is 0 Å². The molecule has 1 N–H and O–H groups in total. The number of nitrogens with zero attached hydrogens (tertiary/aromatic N) is 2. The van der Waals surface area contributed by atoms with Crippen LogP contribution in [0.4, 0.5) is 18.9 Å². The van der Waals surface area contributed by atoms with E-state index < -0.39 is 51.2 Å². The second-order valence-electron chi connectivity index (χ2n) is 8.63. The van der Waals surface area contributed by atoms with Gasteiger partial charge in [0.05, 0.1) is 29.6 Å². The lowest BCUT2D eigenvalue weighted by molar-refractivity contribution is -0.139. The summed E-state index contributed by atoms with van der Waals surface area (Å²) in [6.45, 7) is 2.92. The molecule has 0 saturated heterocycles. The van der Waals surface area contributed by atoms with Gasteiger partial charge in [-0.1, -0.05) is 37.1 Å². The molecule has 0 heterocycles. The van der Waals surface area contributed by atoms with Gasteiger partial charge in [0.2, 0.25) is 21.8 Å². The summed E-state index contributed by atoms with van der Waals surface area (Å²) >= 11 is 5.68. The lowest BCUT2D eigenvalue weighted by Gasteiger charge is -2.31. The minimum Gasteiger partial charge on any atom is -0.497 e. The highest BCUT2D eigenvalue weighted by atomic mass is 35.5. The molecular weight excluding hydrogens is 547 g/mol. The van der Waals surface area contributed by atoms with Gasteiger partial charge in [-0.3, -0.25) is 13.9 Å². The number of rotatable bonds is 12. The van der Waals surface area contributed by atoms with Crippen LogP contribution in [0.2, 0.25) is 5.02 Å². The molecule has 2 amide bonds. The fraction of sp³-hybridized carbons (Fsp3) is 0.440. The Hall–Kier alpha value is -2.99. The summed E-state index contributed by atoms with van der Waals surface area (Å²) in [5, 5.41) is 2.13. The van der Waals surface area contributed by atoms with Crippen molar-refractivity contribution in [2.24, 2.45) is 0 Å². The third-order valence-corrected chi connectivity index (χ3v) is 7.18. The number of carbonyl (C=O) groups excluding carboxylic acids is 2. The number of nitrogens with one attached hydrogen (secondary N) is 1. The van der Waals surface area contributed by atoms with Crippen LogP contribution in [0.15, 0.2) is 42.5 Å². The van der Waals surface area contributed by atoms with E-state index in [4.69, 9.17) is 16.3 Å². The van der Waals surface area contributed by atoms with E-state index >= 15 is 0 Å². The van der Waals surface area contributed by atoms with Crippen molar-refractivity contribution in [3.05, 3.63) is 58.6 Å². The highest BCUT2D eigenvalue weighted by Gasteiger charge is 2.35. The molecule has 13 heteroatoms. The van der Waals surface area contributed by atoms with Gasteiger partial charge in [0.1, 0.15) is 18.3 Å². The van der Waals surface area contributed by atoms with E-state index in [9.17, 15) is 31.2 Å². The molecule has 0 radical (unpaired) electrons. The van der Waals surface area contributed by atoms with Crippen LogP contribution in [0, 0.1) is 0 Å². The molecule has 0 bridgehead atoms. The maximum absolute atomic E-state index is 13.5. The van der Waals surface area contributed by atoms with Crippen molar-refractivity contribution in [2.75, 3.05) is 30.8 Å². The second kappa shape index (κ2) is 13.2. The average Bonchev–Trinajstić information content (AvgIpc) is 2.84. The van der Waals surface area contributed by atoms with Crippen molar-refractivity contribution in [3.63, 3.8) is 0 Å². The number of sulfonamides is 1. The number of alkyl halides is 3. The summed E-state index contributed by atoms with van der Waals surface area (Å²) < 4.78 is 71.2. The second-order valence-corrected chi connectivity index (χ2v) is 10.9. The Bertz CT molecular complexity index is 1240. The van der Waals surface area contributed by atoms with Crippen LogP contribution >= 0.6 is 11.6 Å². The number of methoxy groups -OCH3 is 1. The van der Waals surface area contributed by atoms with E-state index in [0.717, 1.165) is 31.2 Å². The van der Waals surface area contributed by atoms with Crippen LogP contribution in [0.1, 0.15) is 37.8 Å². The molecule has 1 atom stereocenters. The van der Waals surface area contributed by atoms with Crippen molar-refractivity contribution in [3.8, 4) is 5.75 Å². The highest BCUT2D eigenvalue weighted by molar-refractivity contribution is 7.92. The topological polar surface area (TPSA) is 96.0 Å². The molecule has 2 aromatic carbocycles. The summed E-state index contributed by atoms with van der Waals surface area (Å²) in [6.07, 6.45) is -2.51. The van der Waals surface area contributed by atoms with Crippen molar-refractivity contribution in [1.82, 2.24) is 10.2 Å². The molecule has 0 aliphatic heterocycles. The van der Waals surface area contributed by atoms with Gasteiger partial charge < -0.3 is 15.0 Å². The van der Waals surface area contributed by atoms with E-state index in [-0.39, 0.29) is 12.2 Å². The zero-order valence-electron chi connectivity index (χ0n) is 21.5. The van der Waals surface area contributed by atoms with E-state index in [1.807, 2.05) is 6.92 Å². The first-order valence-corrected chi connectivity index (χ1v) is 14.0. The molecule has 0 aliphatic carbocycles. The number of carbonyl (C=O) groups is 2. The highest BCUT2D eigenvalue weighted by Crippen LogP contribution is 2.37. The first-order chi connectivity index (χ1) is 17.7. The SMILES string of the molecule is CCCCNC(=O)[C@@H](C)N(Cc1cccc(OC)c1)C(=O)CN(c1ccc(Cl)c(C(F)(F)F)c1)S(C)(=O)=O. The number of halogens is 4. The zero-order chi connectivity index (χ0) is 28.7. The first kappa shape index (κ1) is 31.2. The maximum atomic E-state index is 13.5. The van der Waals surface area contributed by atoms with Crippen LogP contribution < -0.4 is 14.4 Å². The monoisotopic (exact) mass is 577 g/mol. The lowest BCUT2D eigenvalue weighted by Crippen LogP contribution is -2.51. The molecule has 0 saturated carbocycles. The molecule has 210 valence electrons. The molecule has 2 aromatic rings. The molecule has 38 heavy (non-hydrogen) atoms. The maximum Gasteiger partial charge on any atom is 0.417 e. The Balaban J connectivity index is 2.46. The number of unbranched alkanes of at least 4 members (excludes halogenated alkanes) is 1. The summed E-state index contributed by atoms with van der Waals surface area (Å²) in [7, 11) is -2.74. The number of anilines is 1. The number of benzene rings is 2. The zero-order valence-corrected chi connectivity index (χ0v) is 23.1. The Morgan fingerprint density at radius 2 is 1.84 bits per heavy atom. The Morgan fingerprint density at radius 3 is 2.42 bits per heavy atom. The van der Waals surface area contributed by atoms with Crippen LogP contribution in [0.3, 0.4) is 0 Å². The van der Waals surface area contributed by atoms with E-state index in [1.165, 1.54) is 18.9 Å². The van der Waals surface area contributed by atoms with Crippen LogP contribution in [0.25, 0.3) is 0 Å². The van der Waals surface area contributed by atoms with Crippen LogP contribution in [-0.2, 0) is 32.3 Å². The molecule has 0 fully saturated rings.